The van der Waals surface area contributed by atoms with E-state index in [-0.39, 0.29) is 24.4 Å². The molecule has 2 heterocycles. The Morgan fingerprint density at radius 1 is 1.21 bits per heavy atom. The van der Waals surface area contributed by atoms with Crippen LogP contribution in [0.4, 0.5) is 30.6 Å². The van der Waals surface area contributed by atoms with E-state index in [1.165, 1.54) is 12.1 Å². The summed E-state index contributed by atoms with van der Waals surface area (Å²) in [6.45, 7) is 2.03. The molecule has 1 aliphatic heterocycles. The molecular weight excluding hydrogens is 435 g/mol. The zero-order valence-electron chi connectivity index (χ0n) is 17.5. The van der Waals surface area contributed by atoms with Crippen LogP contribution in [0.3, 0.4) is 0 Å². The van der Waals surface area contributed by atoms with Gasteiger partial charge in [-0.3, -0.25) is 4.79 Å². The number of hydrogen-bond acceptors (Lipinski definition) is 6. The molecule has 3 aromatic rings. The first-order valence-electron chi connectivity index (χ1n) is 10.4. The largest absolute Gasteiger partial charge is 0.424 e. The third-order valence-electron chi connectivity index (χ3n) is 5.63. The van der Waals surface area contributed by atoms with Crippen molar-refractivity contribution in [3.8, 4) is 0 Å². The van der Waals surface area contributed by atoms with E-state index < -0.39 is 17.8 Å². The molecular formula is C23H20F3N5O2. The minimum absolute atomic E-state index is 0.0377. The highest BCUT2D eigenvalue weighted by atomic mass is 19.4. The Kier molecular flexibility index (Phi) is 5.09. The standard InChI is InChI=1S/C23H20F3N5O2/c1-12-15-8-7-14(11-18(15)31-30-12)27-21(32)13-6-9-20-19(10-13)29-22(33-20)28-17-5-3-2-4-16(17)23(24,25)26/h2-4,6-12,17,30-31H,5H2,1H3,(H,27,32)(H,28,29). The van der Waals surface area contributed by atoms with Gasteiger partial charge in [0.25, 0.3) is 11.9 Å². The minimum Gasteiger partial charge on any atom is -0.424 e. The number of alkyl halides is 3. The van der Waals surface area contributed by atoms with Crippen LogP contribution in [-0.4, -0.2) is 23.1 Å². The van der Waals surface area contributed by atoms with E-state index in [2.05, 4.69) is 26.5 Å². The Hall–Kier alpha value is -3.79. The van der Waals surface area contributed by atoms with Gasteiger partial charge < -0.3 is 20.5 Å². The second kappa shape index (κ2) is 7.96. The normalized spacial score (nSPS) is 19.7. The van der Waals surface area contributed by atoms with E-state index in [0.717, 1.165) is 17.3 Å². The molecule has 33 heavy (non-hydrogen) atoms. The van der Waals surface area contributed by atoms with E-state index >= 15 is 0 Å². The van der Waals surface area contributed by atoms with Crippen molar-refractivity contribution in [2.24, 2.45) is 0 Å². The van der Waals surface area contributed by atoms with Crippen molar-refractivity contribution < 1.29 is 22.4 Å². The van der Waals surface area contributed by atoms with E-state index in [1.807, 2.05) is 25.1 Å². The second-order valence-electron chi connectivity index (χ2n) is 7.93. The summed E-state index contributed by atoms with van der Waals surface area (Å²) in [6.07, 6.45) is -0.241. The fourth-order valence-corrected chi connectivity index (χ4v) is 3.92. The van der Waals surface area contributed by atoms with Crippen LogP contribution < -0.4 is 21.5 Å². The highest BCUT2D eigenvalue weighted by Gasteiger charge is 2.39. The smallest absolute Gasteiger partial charge is 0.414 e. The fourth-order valence-electron chi connectivity index (χ4n) is 3.92. The molecule has 2 aliphatic rings. The molecule has 1 aromatic heterocycles. The number of aromatic nitrogens is 1. The average Bonchev–Trinajstić information content (AvgIpc) is 3.35. The van der Waals surface area contributed by atoms with Crippen LogP contribution in [0, 0.1) is 0 Å². The Labute approximate surface area is 186 Å². The van der Waals surface area contributed by atoms with Gasteiger partial charge in [-0.1, -0.05) is 24.3 Å². The second-order valence-corrected chi connectivity index (χ2v) is 7.93. The molecule has 10 heteroatoms. The lowest BCUT2D eigenvalue weighted by Crippen LogP contribution is -2.31. The maximum atomic E-state index is 13.3. The van der Waals surface area contributed by atoms with Gasteiger partial charge in [0.05, 0.1) is 23.3 Å². The number of hydrazine groups is 1. The maximum Gasteiger partial charge on any atom is 0.414 e. The quantitative estimate of drug-likeness (QED) is 0.427. The zero-order valence-corrected chi connectivity index (χ0v) is 17.5. The highest BCUT2D eigenvalue weighted by molar-refractivity contribution is 6.06. The molecule has 5 rings (SSSR count). The van der Waals surface area contributed by atoms with E-state index in [0.29, 0.717) is 22.4 Å². The summed E-state index contributed by atoms with van der Waals surface area (Å²) in [6, 6.07) is 9.41. The SMILES string of the molecule is CC1NNc2cc(NC(=O)c3ccc4oc(NC5CC=CC=C5C(F)(F)F)nc4c3)ccc21. The molecule has 2 unspecified atom stereocenters. The third-order valence-corrected chi connectivity index (χ3v) is 5.63. The van der Waals surface area contributed by atoms with Gasteiger partial charge in [0.1, 0.15) is 5.52 Å². The summed E-state index contributed by atoms with van der Waals surface area (Å²) < 4.78 is 45.4. The zero-order chi connectivity index (χ0) is 23.2. The first-order chi connectivity index (χ1) is 15.8. The number of nitrogens with zero attached hydrogens (tertiary/aromatic N) is 1. The van der Waals surface area contributed by atoms with Crippen LogP contribution >= 0.6 is 0 Å². The van der Waals surface area contributed by atoms with Crippen molar-refractivity contribution >= 4 is 34.4 Å². The molecule has 0 bridgehead atoms. The third kappa shape index (κ3) is 4.17. The molecule has 0 radical (unpaired) electrons. The Balaban J connectivity index is 1.33. The van der Waals surface area contributed by atoms with Crippen LogP contribution in [-0.2, 0) is 0 Å². The summed E-state index contributed by atoms with van der Waals surface area (Å²) >= 11 is 0. The Morgan fingerprint density at radius 3 is 2.88 bits per heavy atom. The number of oxazole rings is 1. The maximum absolute atomic E-state index is 13.3. The van der Waals surface area contributed by atoms with Crippen LogP contribution in [0.1, 0.15) is 35.3 Å². The molecule has 4 N–H and O–H groups in total. The molecule has 0 spiro atoms. The van der Waals surface area contributed by atoms with Crippen LogP contribution in [0.2, 0.25) is 0 Å². The van der Waals surface area contributed by atoms with E-state index in [9.17, 15) is 18.0 Å². The van der Waals surface area contributed by atoms with Crippen LogP contribution in [0.25, 0.3) is 11.1 Å². The fraction of sp³-hybridized carbons (Fsp3) is 0.217. The van der Waals surface area contributed by atoms with Gasteiger partial charge in [0.2, 0.25) is 0 Å². The van der Waals surface area contributed by atoms with Gasteiger partial charge >= 0.3 is 6.18 Å². The van der Waals surface area contributed by atoms with Gasteiger partial charge in [-0.25, -0.2) is 5.43 Å². The van der Waals surface area contributed by atoms with Crippen molar-refractivity contribution in [2.45, 2.75) is 31.6 Å². The average molecular weight is 455 g/mol. The molecule has 1 amide bonds. The van der Waals surface area contributed by atoms with Gasteiger partial charge in [0, 0.05) is 11.3 Å². The number of amides is 1. The van der Waals surface area contributed by atoms with Gasteiger partial charge in [-0.05, 0) is 49.2 Å². The van der Waals surface area contributed by atoms with E-state index in [4.69, 9.17) is 4.42 Å². The van der Waals surface area contributed by atoms with Crippen molar-refractivity contribution in [2.75, 3.05) is 16.1 Å². The molecule has 2 atom stereocenters. The van der Waals surface area contributed by atoms with Crippen molar-refractivity contribution in [1.82, 2.24) is 10.4 Å². The van der Waals surface area contributed by atoms with Crippen molar-refractivity contribution in [3.63, 3.8) is 0 Å². The number of allylic oxidation sites excluding steroid dienone is 2. The number of carbonyl (C=O) groups excluding carboxylic acids is 1. The lowest BCUT2D eigenvalue weighted by Gasteiger charge is -2.23. The van der Waals surface area contributed by atoms with Gasteiger partial charge in [0.15, 0.2) is 5.58 Å². The van der Waals surface area contributed by atoms with Crippen molar-refractivity contribution in [1.29, 1.82) is 0 Å². The molecule has 170 valence electrons. The molecule has 2 aromatic carbocycles. The predicted molar refractivity (Wildman–Crippen MR) is 119 cm³/mol. The molecule has 0 saturated heterocycles. The molecule has 0 fully saturated rings. The molecule has 7 nitrogen and oxygen atoms in total. The molecule has 0 saturated carbocycles. The van der Waals surface area contributed by atoms with Crippen molar-refractivity contribution in [3.05, 3.63) is 71.3 Å². The number of anilines is 3. The summed E-state index contributed by atoms with van der Waals surface area (Å²) in [7, 11) is 0. The number of fused-ring (bicyclic) bond motifs is 2. The van der Waals surface area contributed by atoms with Gasteiger partial charge in [-0.15, -0.1) is 0 Å². The first-order valence-corrected chi connectivity index (χ1v) is 10.4. The van der Waals surface area contributed by atoms with E-state index in [1.54, 1.807) is 18.2 Å². The number of hydrogen-bond donors (Lipinski definition) is 4. The summed E-state index contributed by atoms with van der Waals surface area (Å²) in [5.74, 6) is -0.340. The lowest BCUT2D eigenvalue weighted by molar-refractivity contribution is -0.0950. The Morgan fingerprint density at radius 2 is 2.06 bits per heavy atom. The predicted octanol–water partition coefficient (Wildman–Crippen LogP) is 5.30. The molecule has 1 aliphatic carbocycles. The number of carbonyl (C=O) groups is 1. The number of benzene rings is 2. The number of halogens is 3. The summed E-state index contributed by atoms with van der Waals surface area (Å²) in [4.78, 5) is 17.0. The van der Waals surface area contributed by atoms with Crippen LogP contribution in [0.5, 0.6) is 0 Å². The summed E-state index contributed by atoms with van der Waals surface area (Å²) in [5.41, 5.74) is 9.17. The highest BCUT2D eigenvalue weighted by Crippen LogP contribution is 2.34. The van der Waals surface area contributed by atoms with Crippen LogP contribution in [0.15, 0.2) is 64.6 Å². The Bertz CT molecular complexity index is 1290. The lowest BCUT2D eigenvalue weighted by atomic mass is 9.99. The number of nitrogens with one attached hydrogen (secondary N) is 4. The summed E-state index contributed by atoms with van der Waals surface area (Å²) in [5, 5.41) is 5.55. The first kappa shape index (κ1) is 21.1. The minimum atomic E-state index is -4.46. The monoisotopic (exact) mass is 455 g/mol. The van der Waals surface area contributed by atoms with Gasteiger partial charge in [-0.2, -0.15) is 18.2 Å². The number of rotatable bonds is 4. The topological polar surface area (TPSA) is 91.2 Å².